The average Bonchev–Trinajstić information content (AvgIpc) is 2.78. The van der Waals surface area contributed by atoms with Crippen LogP contribution in [0.15, 0.2) is 60.7 Å². The molecule has 0 bridgehead atoms. The smallest absolute Gasteiger partial charge is 0.270 e. The number of fused-ring (bicyclic) bond motifs is 1. The van der Waals surface area contributed by atoms with Gasteiger partial charge in [-0.15, -0.1) is 0 Å². The van der Waals surface area contributed by atoms with Crippen LogP contribution in [-0.2, 0) is 4.74 Å². The Kier molecular flexibility index (Phi) is 7.48. The summed E-state index contributed by atoms with van der Waals surface area (Å²) >= 11 is 0. The number of ether oxygens (including phenoxy) is 1. The fourth-order valence-corrected chi connectivity index (χ4v) is 3.16. The van der Waals surface area contributed by atoms with Gasteiger partial charge in [-0.05, 0) is 35.4 Å². The third-order valence-electron chi connectivity index (χ3n) is 4.62. The van der Waals surface area contributed by atoms with Crippen molar-refractivity contribution in [2.45, 2.75) is 13.0 Å². The molecule has 0 aliphatic carbocycles. The second-order valence-corrected chi connectivity index (χ2v) is 6.76. The molecule has 2 aromatic carbocycles. The Bertz CT molecular complexity index is 1020. The molecular formula is C23H25N3O4. The van der Waals surface area contributed by atoms with Crippen LogP contribution in [-0.4, -0.2) is 48.3 Å². The van der Waals surface area contributed by atoms with Crippen LogP contribution in [0.3, 0.4) is 0 Å². The van der Waals surface area contributed by atoms with Gasteiger partial charge < -0.3 is 20.5 Å². The van der Waals surface area contributed by atoms with E-state index in [0.717, 1.165) is 16.3 Å². The van der Waals surface area contributed by atoms with E-state index in [2.05, 4.69) is 15.6 Å². The van der Waals surface area contributed by atoms with Gasteiger partial charge in [-0.3, -0.25) is 9.59 Å². The zero-order valence-electron chi connectivity index (χ0n) is 16.8. The molecule has 3 rings (SSSR count). The molecule has 7 nitrogen and oxygen atoms in total. The lowest BCUT2D eigenvalue weighted by Gasteiger charge is -2.16. The van der Waals surface area contributed by atoms with Gasteiger partial charge in [0.05, 0.1) is 25.9 Å². The molecule has 0 spiro atoms. The topological polar surface area (TPSA) is 101 Å². The number of rotatable bonds is 9. The number of hydrogen-bond acceptors (Lipinski definition) is 5. The SMILES string of the molecule is C[C@@H](NC(=O)c1cccc(C(=O)NCCOCCO)n1)c1cccc2ccccc12. The van der Waals surface area contributed by atoms with Crippen molar-refractivity contribution in [1.29, 1.82) is 0 Å². The molecule has 1 aromatic heterocycles. The van der Waals surface area contributed by atoms with Crippen molar-refractivity contribution in [3.63, 3.8) is 0 Å². The van der Waals surface area contributed by atoms with Gasteiger partial charge in [-0.25, -0.2) is 4.98 Å². The van der Waals surface area contributed by atoms with Gasteiger partial charge in [0.1, 0.15) is 11.4 Å². The van der Waals surface area contributed by atoms with E-state index in [0.29, 0.717) is 0 Å². The zero-order valence-corrected chi connectivity index (χ0v) is 16.8. The van der Waals surface area contributed by atoms with Crippen molar-refractivity contribution in [2.75, 3.05) is 26.4 Å². The highest BCUT2D eigenvalue weighted by Crippen LogP contribution is 2.24. The number of benzene rings is 2. The van der Waals surface area contributed by atoms with Crippen LogP contribution in [0.2, 0.25) is 0 Å². The fraction of sp³-hybridized carbons (Fsp3) is 0.261. The van der Waals surface area contributed by atoms with Crippen LogP contribution in [0, 0.1) is 0 Å². The molecule has 30 heavy (non-hydrogen) atoms. The second kappa shape index (κ2) is 10.5. The first kappa shape index (κ1) is 21.4. The van der Waals surface area contributed by atoms with Crippen molar-refractivity contribution in [3.05, 3.63) is 77.6 Å². The van der Waals surface area contributed by atoms with E-state index < -0.39 is 0 Å². The van der Waals surface area contributed by atoms with Gasteiger partial charge in [-0.2, -0.15) is 0 Å². The van der Waals surface area contributed by atoms with Gasteiger partial charge in [0.2, 0.25) is 0 Å². The van der Waals surface area contributed by atoms with Gasteiger partial charge in [-0.1, -0.05) is 48.5 Å². The average molecular weight is 407 g/mol. The van der Waals surface area contributed by atoms with Crippen molar-refractivity contribution in [1.82, 2.24) is 15.6 Å². The van der Waals surface area contributed by atoms with E-state index in [1.54, 1.807) is 18.2 Å². The lowest BCUT2D eigenvalue weighted by atomic mass is 9.99. The van der Waals surface area contributed by atoms with Crippen LogP contribution in [0.1, 0.15) is 39.5 Å². The first-order valence-corrected chi connectivity index (χ1v) is 9.82. The number of hydrogen-bond donors (Lipinski definition) is 3. The predicted molar refractivity (Wildman–Crippen MR) is 114 cm³/mol. The molecule has 0 fully saturated rings. The Morgan fingerprint density at radius 2 is 1.67 bits per heavy atom. The largest absolute Gasteiger partial charge is 0.394 e. The normalized spacial score (nSPS) is 11.8. The summed E-state index contributed by atoms with van der Waals surface area (Å²) in [7, 11) is 0. The molecule has 3 aromatic rings. The van der Waals surface area contributed by atoms with E-state index >= 15 is 0 Å². The number of aliphatic hydroxyl groups is 1. The van der Waals surface area contributed by atoms with Crippen molar-refractivity contribution < 1.29 is 19.4 Å². The Hall–Kier alpha value is -3.29. The first-order chi connectivity index (χ1) is 14.6. The summed E-state index contributed by atoms with van der Waals surface area (Å²) in [4.78, 5) is 29.1. The number of pyridine rings is 1. The first-order valence-electron chi connectivity index (χ1n) is 9.82. The van der Waals surface area contributed by atoms with Crippen molar-refractivity contribution >= 4 is 22.6 Å². The van der Waals surface area contributed by atoms with E-state index in [4.69, 9.17) is 9.84 Å². The maximum absolute atomic E-state index is 12.7. The number of aromatic nitrogens is 1. The minimum Gasteiger partial charge on any atom is -0.394 e. The van der Waals surface area contributed by atoms with Crippen LogP contribution in [0.5, 0.6) is 0 Å². The summed E-state index contributed by atoms with van der Waals surface area (Å²) < 4.78 is 5.10. The van der Waals surface area contributed by atoms with E-state index in [9.17, 15) is 9.59 Å². The lowest BCUT2D eigenvalue weighted by molar-refractivity contribution is 0.0835. The van der Waals surface area contributed by atoms with Gasteiger partial charge in [0.25, 0.3) is 11.8 Å². The monoisotopic (exact) mass is 407 g/mol. The molecule has 0 aliphatic rings. The van der Waals surface area contributed by atoms with Crippen LogP contribution >= 0.6 is 0 Å². The third-order valence-corrected chi connectivity index (χ3v) is 4.62. The minimum atomic E-state index is -0.389. The number of carbonyl (C=O) groups is 2. The zero-order chi connectivity index (χ0) is 21.3. The minimum absolute atomic E-state index is 0.0656. The quantitative estimate of drug-likeness (QED) is 0.473. The second-order valence-electron chi connectivity index (χ2n) is 6.76. The standard InChI is InChI=1S/C23H25N3O4/c1-16(18-9-4-7-17-6-2-3-8-19(17)18)25-23(29)21-11-5-10-20(26-21)22(28)24-12-14-30-15-13-27/h2-11,16,27H,12-15H2,1H3,(H,24,28)(H,25,29)/t16-/m1/s1. The highest BCUT2D eigenvalue weighted by molar-refractivity contribution is 5.96. The molecule has 0 aliphatic heterocycles. The number of aliphatic hydroxyl groups excluding tert-OH is 1. The summed E-state index contributed by atoms with van der Waals surface area (Å²) in [5.74, 6) is -0.740. The number of amides is 2. The molecular weight excluding hydrogens is 382 g/mol. The summed E-state index contributed by atoms with van der Waals surface area (Å²) in [6.45, 7) is 2.65. The molecule has 2 amide bonds. The molecule has 0 saturated carbocycles. The highest BCUT2D eigenvalue weighted by atomic mass is 16.5. The lowest BCUT2D eigenvalue weighted by Crippen LogP contribution is -2.30. The molecule has 1 heterocycles. The van der Waals surface area contributed by atoms with E-state index in [1.165, 1.54) is 0 Å². The number of carbonyl (C=O) groups excluding carboxylic acids is 2. The Labute approximate surface area is 175 Å². The van der Waals surface area contributed by atoms with Gasteiger partial charge in [0, 0.05) is 6.54 Å². The van der Waals surface area contributed by atoms with Crippen molar-refractivity contribution in [2.24, 2.45) is 0 Å². The highest BCUT2D eigenvalue weighted by Gasteiger charge is 2.16. The fourth-order valence-electron chi connectivity index (χ4n) is 3.16. The van der Waals surface area contributed by atoms with Gasteiger partial charge >= 0.3 is 0 Å². The summed E-state index contributed by atoms with van der Waals surface area (Å²) in [5.41, 5.74) is 1.34. The molecule has 0 unspecified atom stereocenters. The molecule has 7 heteroatoms. The summed E-state index contributed by atoms with van der Waals surface area (Å²) in [6.07, 6.45) is 0. The Balaban J connectivity index is 1.65. The van der Waals surface area contributed by atoms with E-state index in [-0.39, 0.29) is 55.6 Å². The number of nitrogens with zero attached hydrogens (tertiary/aromatic N) is 1. The van der Waals surface area contributed by atoms with Gasteiger partial charge in [0.15, 0.2) is 0 Å². The Morgan fingerprint density at radius 1 is 0.967 bits per heavy atom. The molecule has 3 N–H and O–H groups in total. The molecule has 0 saturated heterocycles. The predicted octanol–water partition coefficient (Wildman–Crippen LogP) is 2.46. The van der Waals surface area contributed by atoms with Crippen LogP contribution < -0.4 is 10.6 Å². The summed E-state index contributed by atoms with van der Waals surface area (Å²) in [6, 6.07) is 18.5. The molecule has 1 atom stereocenters. The molecule has 156 valence electrons. The maximum Gasteiger partial charge on any atom is 0.270 e. The summed E-state index contributed by atoms with van der Waals surface area (Å²) in [5, 5.41) is 16.5. The number of nitrogens with one attached hydrogen (secondary N) is 2. The third kappa shape index (κ3) is 5.40. The van der Waals surface area contributed by atoms with Crippen LogP contribution in [0.25, 0.3) is 10.8 Å². The maximum atomic E-state index is 12.7. The van der Waals surface area contributed by atoms with E-state index in [1.807, 2.05) is 49.4 Å². The van der Waals surface area contributed by atoms with Crippen molar-refractivity contribution in [3.8, 4) is 0 Å². The molecule has 0 radical (unpaired) electrons. The Morgan fingerprint density at radius 3 is 2.47 bits per heavy atom. The van der Waals surface area contributed by atoms with Crippen LogP contribution in [0.4, 0.5) is 0 Å².